The summed E-state index contributed by atoms with van der Waals surface area (Å²) in [5.74, 6) is 0. The fourth-order valence-electron chi connectivity index (χ4n) is 14.2. The van der Waals surface area contributed by atoms with E-state index in [-0.39, 0.29) is 19.8 Å². The van der Waals surface area contributed by atoms with E-state index in [0.717, 1.165) is 39.1 Å². The third kappa shape index (κ3) is 135. The molecule has 142 heavy (non-hydrogen) atoms. The normalized spacial score (nSPS) is 11.9. The molecule has 0 aromatic rings. The Balaban J connectivity index is 4.04. The number of unbranched alkanes of at least 4 members (excludes halogenated alkanes) is 39. The minimum Gasteiger partial charge on any atom is -0.383 e. The van der Waals surface area contributed by atoms with Crippen molar-refractivity contribution in [3.63, 3.8) is 0 Å². The second kappa shape index (κ2) is 138. The molecule has 0 saturated heterocycles. The molecule has 0 fully saturated rings. The van der Waals surface area contributed by atoms with Crippen LogP contribution in [0, 0.1) is 0 Å². The maximum Gasteiger partial charge on any atom is 0.639 e. The van der Waals surface area contributed by atoms with Gasteiger partial charge in [-0.15, -0.1) is 0 Å². The SMILES string of the molecule is CCCCCCCCCCCCCCCCOCCOCCOCCOCCOCCOCCOCCOCCOCCOCCOB(OCCOCCOCCOCCOCCOCCOCCOCCOCCOCCOCCCCCCCCCCCCCCCC)OCCOCCOCCOCCOCCOCCOCCOCCOCCOCCOCCCCCCCCCCCCCCCC. The molecule has 0 aliphatic heterocycles. The van der Waals surface area contributed by atoms with Gasteiger partial charge in [0.1, 0.15) is 0 Å². The van der Waals surface area contributed by atoms with E-state index in [4.69, 9.17) is 156 Å². The van der Waals surface area contributed by atoms with Crippen molar-refractivity contribution in [2.45, 2.75) is 290 Å². The summed E-state index contributed by atoms with van der Waals surface area (Å²) in [5.41, 5.74) is 0. The Morgan fingerprint density at radius 3 is 0.239 bits per heavy atom. The molecule has 0 bridgehead atoms. The van der Waals surface area contributed by atoms with E-state index in [0.29, 0.717) is 377 Å². The molecule has 0 heterocycles. The Bertz CT molecular complexity index is 1910. The van der Waals surface area contributed by atoms with Crippen LogP contribution in [0.4, 0.5) is 0 Å². The first-order chi connectivity index (χ1) is 70.8. The highest BCUT2D eigenvalue weighted by Gasteiger charge is 2.22. The van der Waals surface area contributed by atoms with Crippen LogP contribution >= 0.6 is 0 Å². The molecule has 34 heteroatoms. The van der Waals surface area contributed by atoms with Gasteiger partial charge in [0.25, 0.3) is 0 Å². The standard InChI is InChI=1S/C108H219BO33/c1-4-7-10-13-16-19-22-25-28-31-34-37-40-43-46-110-49-52-113-55-58-116-61-64-119-67-70-122-73-76-125-79-82-128-85-88-131-91-94-134-97-100-137-103-106-140-109(141-107-104-138-101-98-135-95-92-132-89-86-129-83-80-126-77-74-123-71-68-120-65-62-117-59-56-114-53-50-111-47-44-41-38-35-32-29-26-23-20-17-14-11-8-5-2)142-108-105-139-102-99-136-96-93-133-90-87-130-84-81-127-78-75-124-72-69-121-66-63-118-60-57-115-54-51-112-48-45-42-39-36-33-30-27-24-21-18-15-12-9-6-3/h4-108H2,1-3H3. The van der Waals surface area contributed by atoms with Crippen molar-refractivity contribution in [1.29, 1.82) is 0 Å². The number of rotatable bonds is 138. The van der Waals surface area contributed by atoms with E-state index in [2.05, 4.69) is 20.8 Å². The molecular formula is C108H219BO33. The Labute approximate surface area is 865 Å². The zero-order valence-electron chi connectivity index (χ0n) is 91.3. The lowest BCUT2D eigenvalue weighted by Crippen LogP contribution is -2.32. The van der Waals surface area contributed by atoms with Gasteiger partial charge in [-0.05, 0) is 19.3 Å². The average Bonchev–Trinajstić information content (AvgIpc) is 0.990. The molecule has 0 aromatic carbocycles. The van der Waals surface area contributed by atoms with Gasteiger partial charge in [-0.25, -0.2) is 0 Å². The lowest BCUT2D eigenvalue weighted by atomic mass is 10.0. The van der Waals surface area contributed by atoms with E-state index in [1.807, 2.05) is 0 Å². The van der Waals surface area contributed by atoms with Crippen molar-refractivity contribution in [2.24, 2.45) is 0 Å². The van der Waals surface area contributed by atoms with E-state index in [1.54, 1.807) is 0 Å². The van der Waals surface area contributed by atoms with Crippen LogP contribution in [0.1, 0.15) is 290 Å². The smallest absolute Gasteiger partial charge is 0.383 e. The van der Waals surface area contributed by atoms with Gasteiger partial charge in [0.15, 0.2) is 0 Å². The first-order valence-electron chi connectivity index (χ1n) is 57.0. The van der Waals surface area contributed by atoms with Crippen LogP contribution in [-0.4, -0.2) is 424 Å². The van der Waals surface area contributed by atoms with Crippen molar-refractivity contribution in [2.75, 3.05) is 416 Å². The topological polar surface area (TPSA) is 305 Å². The van der Waals surface area contributed by atoms with Crippen LogP contribution < -0.4 is 0 Å². The van der Waals surface area contributed by atoms with Crippen LogP contribution in [0.2, 0.25) is 0 Å². The summed E-state index contributed by atoms with van der Waals surface area (Å²) in [4.78, 5) is 0. The third-order valence-electron chi connectivity index (χ3n) is 22.4. The fourth-order valence-corrected chi connectivity index (χ4v) is 14.2. The summed E-state index contributed by atoms with van der Waals surface area (Å²) < 4.78 is 187. The van der Waals surface area contributed by atoms with Crippen molar-refractivity contribution >= 4 is 7.32 Å². The van der Waals surface area contributed by atoms with Gasteiger partial charge in [-0.2, -0.15) is 0 Å². The molecule has 852 valence electrons. The maximum atomic E-state index is 5.87. The van der Waals surface area contributed by atoms with E-state index in [9.17, 15) is 0 Å². The van der Waals surface area contributed by atoms with Gasteiger partial charge in [-0.3, -0.25) is 0 Å². The molecule has 0 aliphatic carbocycles. The van der Waals surface area contributed by atoms with Crippen molar-refractivity contribution < 1.29 is 156 Å². The van der Waals surface area contributed by atoms with Crippen LogP contribution in [0.3, 0.4) is 0 Å². The van der Waals surface area contributed by atoms with Gasteiger partial charge in [-0.1, -0.05) is 271 Å². The second-order valence-corrected chi connectivity index (χ2v) is 35.1. The van der Waals surface area contributed by atoms with Crippen LogP contribution in [-0.2, 0) is 156 Å². The molecule has 33 nitrogen and oxygen atoms in total. The molecule has 0 N–H and O–H groups in total. The quantitative estimate of drug-likeness (QED) is 0.0403. The molecule has 0 unspecified atom stereocenters. The highest BCUT2D eigenvalue weighted by molar-refractivity contribution is 6.36. The van der Waals surface area contributed by atoms with Crippen LogP contribution in [0.15, 0.2) is 0 Å². The minimum atomic E-state index is -0.962. The van der Waals surface area contributed by atoms with Gasteiger partial charge in [0.2, 0.25) is 0 Å². The Morgan fingerprint density at radius 2 is 0.148 bits per heavy atom. The lowest BCUT2D eigenvalue weighted by Gasteiger charge is -2.15. The second-order valence-electron chi connectivity index (χ2n) is 35.1. The van der Waals surface area contributed by atoms with Gasteiger partial charge in [0, 0.05) is 19.8 Å². The summed E-state index contributed by atoms with van der Waals surface area (Å²) in [6, 6.07) is 0. The summed E-state index contributed by atoms with van der Waals surface area (Å²) in [7, 11) is -0.962. The molecule has 0 aliphatic rings. The van der Waals surface area contributed by atoms with Crippen LogP contribution in [0.5, 0.6) is 0 Å². The first-order valence-corrected chi connectivity index (χ1v) is 57.0. The Morgan fingerprint density at radius 1 is 0.0775 bits per heavy atom. The number of hydrogen-bond acceptors (Lipinski definition) is 33. The lowest BCUT2D eigenvalue weighted by molar-refractivity contribution is -0.0290. The summed E-state index contributed by atoms with van der Waals surface area (Å²) in [6.07, 6.45) is 57.2. The third-order valence-corrected chi connectivity index (χ3v) is 22.4. The predicted molar refractivity (Wildman–Crippen MR) is 559 cm³/mol. The molecule has 0 saturated carbocycles. The molecule has 0 radical (unpaired) electrons. The number of ether oxygens (including phenoxy) is 30. The Hall–Kier alpha value is -1.26. The average molecular weight is 2060 g/mol. The van der Waals surface area contributed by atoms with E-state index in [1.165, 1.54) is 250 Å². The molecule has 0 spiro atoms. The molecule has 0 atom stereocenters. The van der Waals surface area contributed by atoms with Gasteiger partial charge in [0.05, 0.1) is 396 Å². The maximum absolute atomic E-state index is 5.87. The zero-order valence-corrected chi connectivity index (χ0v) is 91.3. The van der Waals surface area contributed by atoms with E-state index >= 15 is 0 Å². The monoisotopic (exact) mass is 2060 g/mol. The van der Waals surface area contributed by atoms with Gasteiger partial charge >= 0.3 is 7.32 Å². The molecular weight excluding hydrogens is 1840 g/mol. The summed E-state index contributed by atoms with van der Waals surface area (Å²) >= 11 is 0. The van der Waals surface area contributed by atoms with Crippen molar-refractivity contribution in [3.05, 3.63) is 0 Å². The molecule has 0 rings (SSSR count). The van der Waals surface area contributed by atoms with E-state index < -0.39 is 7.32 Å². The largest absolute Gasteiger partial charge is 0.639 e. The highest BCUT2D eigenvalue weighted by atomic mass is 16.7. The Kier molecular flexibility index (Phi) is 137. The van der Waals surface area contributed by atoms with Gasteiger partial charge < -0.3 is 156 Å². The molecule has 0 amide bonds. The minimum absolute atomic E-state index is 0.224. The number of hydrogen-bond donors (Lipinski definition) is 0. The summed E-state index contributed by atoms with van der Waals surface area (Å²) in [6.45, 7) is 37.2. The van der Waals surface area contributed by atoms with Crippen molar-refractivity contribution in [1.82, 2.24) is 0 Å². The zero-order chi connectivity index (χ0) is 101. The first kappa shape index (κ1) is 141. The molecule has 0 aromatic heterocycles. The predicted octanol–water partition coefficient (Wildman–Crippen LogP) is 18.0. The van der Waals surface area contributed by atoms with Crippen LogP contribution in [0.25, 0.3) is 0 Å². The highest BCUT2D eigenvalue weighted by Crippen LogP contribution is 2.17. The van der Waals surface area contributed by atoms with Crippen molar-refractivity contribution in [3.8, 4) is 0 Å². The summed E-state index contributed by atoms with van der Waals surface area (Å²) in [5, 5.41) is 0. The fraction of sp³-hybridized carbons (Fsp3) is 1.00.